The Labute approximate surface area is 109 Å². The van der Waals surface area contributed by atoms with Crippen LogP contribution in [-0.2, 0) is 17.2 Å². The van der Waals surface area contributed by atoms with E-state index in [1.54, 1.807) is 7.11 Å². The first kappa shape index (κ1) is 14.5. The Morgan fingerprint density at radius 3 is 2.29 bits per heavy atom. The zero-order chi connectivity index (χ0) is 12.7. The van der Waals surface area contributed by atoms with Crippen LogP contribution in [0.2, 0.25) is 0 Å². The number of alkyl halides is 1. The topological polar surface area (TPSA) is 21.3 Å². The van der Waals surface area contributed by atoms with Gasteiger partial charge < -0.3 is 10.1 Å². The minimum absolute atomic E-state index is 0.0461. The lowest BCUT2D eigenvalue weighted by Crippen LogP contribution is -2.28. The first-order valence-corrected chi connectivity index (χ1v) is 6.50. The second kappa shape index (κ2) is 7.00. The number of halogens is 1. The summed E-state index contributed by atoms with van der Waals surface area (Å²) in [7, 11) is 1.75. The molecule has 0 unspecified atom stereocenters. The number of benzene rings is 1. The van der Waals surface area contributed by atoms with Crippen molar-refractivity contribution in [2.24, 2.45) is 0 Å². The maximum Gasteiger partial charge on any atom is 0.0634 e. The number of hydrogen-bond acceptors (Lipinski definition) is 2. The number of methoxy groups -OCH3 is 1. The first-order chi connectivity index (χ1) is 8.07. The molecule has 0 radical (unpaired) electrons. The van der Waals surface area contributed by atoms with E-state index in [4.69, 9.17) is 16.3 Å². The highest BCUT2D eigenvalue weighted by Gasteiger charge is 2.14. The van der Waals surface area contributed by atoms with Gasteiger partial charge in [-0.3, -0.25) is 0 Å². The Hall–Kier alpha value is -0.570. The summed E-state index contributed by atoms with van der Waals surface area (Å²) in [5.41, 5.74) is 2.40. The van der Waals surface area contributed by atoms with Crippen LogP contribution in [0.5, 0.6) is 0 Å². The fourth-order valence-electron chi connectivity index (χ4n) is 1.47. The van der Waals surface area contributed by atoms with Crippen LogP contribution in [0.15, 0.2) is 24.3 Å². The molecule has 0 amide bonds. The average molecular weight is 256 g/mol. The average Bonchev–Trinajstić information content (AvgIpc) is 2.35. The zero-order valence-electron chi connectivity index (χ0n) is 10.9. The van der Waals surface area contributed by atoms with Gasteiger partial charge in [-0.15, -0.1) is 11.6 Å². The molecule has 3 heteroatoms. The monoisotopic (exact) mass is 255 g/mol. The van der Waals surface area contributed by atoms with Gasteiger partial charge in [0.1, 0.15) is 0 Å². The van der Waals surface area contributed by atoms with Crippen LogP contribution in [-0.4, -0.2) is 19.3 Å². The third-order valence-electron chi connectivity index (χ3n) is 2.96. The van der Waals surface area contributed by atoms with E-state index in [9.17, 15) is 0 Å². The van der Waals surface area contributed by atoms with Gasteiger partial charge >= 0.3 is 0 Å². The molecular weight excluding hydrogens is 234 g/mol. The van der Waals surface area contributed by atoms with Crippen LogP contribution in [0.1, 0.15) is 31.4 Å². The molecule has 0 aromatic heterocycles. The highest BCUT2D eigenvalue weighted by atomic mass is 35.5. The van der Waals surface area contributed by atoms with Crippen molar-refractivity contribution in [3.63, 3.8) is 0 Å². The maximum absolute atomic E-state index is 5.74. The van der Waals surface area contributed by atoms with Crippen LogP contribution in [0.3, 0.4) is 0 Å². The quantitative estimate of drug-likeness (QED) is 0.596. The van der Waals surface area contributed by atoms with Crippen molar-refractivity contribution in [1.29, 1.82) is 0 Å². The molecule has 0 spiro atoms. The number of nitrogens with one attached hydrogen (secondary N) is 1. The minimum Gasteiger partial charge on any atom is -0.379 e. The van der Waals surface area contributed by atoms with E-state index in [1.807, 2.05) is 0 Å². The molecule has 96 valence electrons. The Balaban J connectivity index is 2.26. The van der Waals surface area contributed by atoms with Crippen molar-refractivity contribution in [3.05, 3.63) is 35.4 Å². The third kappa shape index (κ3) is 5.53. The third-order valence-corrected chi connectivity index (χ3v) is 3.27. The molecule has 1 aromatic rings. The fraction of sp³-hybridized carbons (Fsp3) is 0.571. The van der Waals surface area contributed by atoms with E-state index in [0.29, 0.717) is 5.88 Å². The highest BCUT2D eigenvalue weighted by molar-refractivity contribution is 6.17. The van der Waals surface area contributed by atoms with Crippen LogP contribution in [0, 0.1) is 0 Å². The van der Waals surface area contributed by atoms with Gasteiger partial charge in [-0.1, -0.05) is 24.3 Å². The van der Waals surface area contributed by atoms with Crippen LogP contribution < -0.4 is 5.32 Å². The molecule has 1 N–H and O–H groups in total. The lowest BCUT2D eigenvalue weighted by atomic mass is 10.1. The van der Waals surface area contributed by atoms with Crippen LogP contribution in [0.25, 0.3) is 0 Å². The second-order valence-corrected chi connectivity index (χ2v) is 5.11. The second-order valence-electron chi connectivity index (χ2n) is 4.84. The molecule has 0 saturated heterocycles. The van der Waals surface area contributed by atoms with Gasteiger partial charge in [0.2, 0.25) is 0 Å². The highest BCUT2D eigenvalue weighted by Crippen LogP contribution is 2.11. The lowest BCUT2D eigenvalue weighted by Gasteiger charge is -2.22. The van der Waals surface area contributed by atoms with Crippen molar-refractivity contribution >= 4 is 11.6 Å². The van der Waals surface area contributed by atoms with E-state index in [2.05, 4.69) is 43.4 Å². The van der Waals surface area contributed by atoms with E-state index in [-0.39, 0.29) is 5.60 Å². The van der Waals surface area contributed by atoms with Crippen LogP contribution in [0.4, 0.5) is 0 Å². The molecule has 2 nitrogen and oxygen atoms in total. The van der Waals surface area contributed by atoms with Crippen molar-refractivity contribution in [1.82, 2.24) is 5.32 Å². The smallest absolute Gasteiger partial charge is 0.0634 e. The summed E-state index contributed by atoms with van der Waals surface area (Å²) in [4.78, 5) is 0. The van der Waals surface area contributed by atoms with Gasteiger partial charge in [0, 0.05) is 19.5 Å². The minimum atomic E-state index is -0.0461. The Kier molecular flexibility index (Phi) is 5.96. The van der Waals surface area contributed by atoms with Gasteiger partial charge in [-0.2, -0.15) is 0 Å². The van der Waals surface area contributed by atoms with E-state index >= 15 is 0 Å². The molecule has 0 aliphatic heterocycles. The Morgan fingerprint density at radius 1 is 1.18 bits per heavy atom. The van der Waals surface area contributed by atoms with Crippen molar-refractivity contribution in [3.8, 4) is 0 Å². The Bertz CT molecular complexity index is 321. The SMILES string of the molecule is COC(C)(C)CCNCc1ccc(CCl)cc1. The van der Waals surface area contributed by atoms with Crippen molar-refractivity contribution in [2.75, 3.05) is 13.7 Å². The predicted octanol–water partition coefficient (Wildman–Crippen LogP) is 3.33. The standard InChI is InChI=1S/C14H22ClNO/c1-14(2,17-3)8-9-16-11-13-6-4-12(10-15)5-7-13/h4-7,16H,8-11H2,1-3H3. The van der Waals surface area contributed by atoms with E-state index in [1.165, 1.54) is 5.56 Å². The molecule has 17 heavy (non-hydrogen) atoms. The van der Waals surface area contributed by atoms with Crippen molar-refractivity contribution in [2.45, 2.75) is 38.3 Å². The van der Waals surface area contributed by atoms with Gasteiger partial charge in [-0.25, -0.2) is 0 Å². The molecule has 1 rings (SSSR count). The molecular formula is C14H22ClNO. The molecule has 0 atom stereocenters. The van der Waals surface area contributed by atoms with Crippen LogP contribution >= 0.6 is 11.6 Å². The predicted molar refractivity (Wildman–Crippen MR) is 73.4 cm³/mol. The van der Waals surface area contributed by atoms with Gasteiger partial charge in [0.25, 0.3) is 0 Å². The van der Waals surface area contributed by atoms with Gasteiger partial charge in [-0.05, 0) is 37.9 Å². The number of ether oxygens (including phenoxy) is 1. The number of hydrogen-bond donors (Lipinski definition) is 1. The Morgan fingerprint density at radius 2 is 1.76 bits per heavy atom. The molecule has 0 heterocycles. The maximum atomic E-state index is 5.74. The normalized spacial score (nSPS) is 11.8. The van der Waals surface area contributed by atoms with E-state index in [0.717, 1.165) is 25.1 Å². The molecule has 0 fully saturated rings. The summed E-state index contributed by atoms with van der Waals surface area (Å²) < 4.78 is 5.37. The number of rotatable bonds is 7. The molecule has 0 bridgehead atoms. The largest absolute Gasteiger partial charge is 0.379 e. The fourth-order valence-corrected chi connectivity index (χ4v) is 1.65. The summed E-state index contributed by atoms with van der Waals surface area (Å²) in [6, 6.07) is 8.38. The summed E-state index contributed by atoms with van der Waals surface area (Å²) in [5, 5.41) is 3.42. The zero-order valence-corrected chi connectivity index (χ0v) is 11.7. The summed E-state index contributed by atoms with van der Waals surface area (Å²) >= 11 is 5.74. The lowest BCUT2D eigenvalue weighted by molar-refractivity contribution is 0.0158. The summed E-state index contributed by atoms with van der Waals surface area (Å²) in [6.07, 6.45) is 1.00. The molecule has 0 aliphatic carbocycles. The van der Waals surface area contributed by atoms with Gasteiger partial charge in [0.05, 0.1) is 5.60 Å². The molecule has 0 saturated carbocycles. The molecule has 1 aromatic carbocycles. The summed E-state index contributed by atoms with van der Waals surface area (Å²) in [6.45, 7) is 6.05. The molecule has 0 aliphatic rings. The summed E-state index contributed by atoms with van der Waals surface area (Å²) in [5.74, 6) is 0.579. The van der Waals surface area contributed by atoms with E-state index < -0.39 is 0 Å². The first-order valence-electron chi connectivity index (χ1n) is 5.97. The van der Waals surface area contributed by atoms with Crippen molar-refractivity contribution < 1.29 is 4.74 Å². The van der Waals surface area contributed by atoms with Gasteiger partial charge in [0.15, 0.2) is 0 Å².